The molecule has 0 unspecified atom stereocenters. The standard InChI is InChI=1S/C53H36/c1-5-15-37(16-6-1)39-19-13-21-41(33-39)43-27-30-48-45(35-43)29-32-50-49-31-28-44(42-22-14-20-40(34-42)38-17-7-2-8-18-38)36-51(49)53(52(48)50,46-23-9-3-10-24-46)47-25-11-4-12-26-47/h1-36H. The average Bonchev–Trinajstić information content (AvgIpc) is 3.55. The molecule has 0 heteroatoms. The summed E-state index contributed by atoms with van der Waals surface area (Å²) in [5, 5.41) is 2.52. The average molecular weight is 673 g/mol. The highest BCUT2D eigenvalue weighted by Gasteiger charge is 2.47. The van der Waals surface area contributed by atoms with Crippen LogP contribution in [-0.4, -0.2) is 0 Å². The molecule has 0 atom stereocenters. The van der Waals surface area contributed by atoms with Gasteiger partial charge < -0.3 is 0 Å². The molecular weight excluding hydrogens is 637 g/mol. The lowest BCUT2D eigenvalue weighted by atomic mass is 9.66. The van der Waals surface area contributed by atoms with Crippen LogP contribution >= 0.6 is 0 Å². The fourth-order valence-corrected chi connectivity index (χ4v) is 8.70. The number of benzene rings is 9. The third-order valence-electron chi connectivity index (χ3n) is 11.1. The molecular formula is C53H36. The minimum atomic E-state index is -0.519. The van der Waals surface area contributed by atoms with E-state index >= 15 is 0 Å². The molecule has 0 radical (unpaired) electrons. The van der Waals surface area contributed by atoms with Crippen LogP contribution in [0.4, 0.5) is 0 Å². The Balaban J connectivity index is 1.20. The SMILES string of the molecule is c1ccc(-c2cccc(-c3ccc4c(c3)C(c3ccccc3)(c3ccccc3)c3c-4ccc4cc(-c5cccc(-c6ccccc6)c5)ccc34)c2)cc1. The van der Waals surface area contributed by atoms with Crippen LogP contribution in [0, 0.1) is 0 Å². The highest BCUT2D eigenvalue weighted by molar-refractivity contribution is 6.02. The summed E-state index contributed by atoms with van der Waals surface area (Å²) in [4.78, 5) is 0. The Hall–Kier alpha value is -6.76. The van der Waals surface area contributed by atoms with Crippen molar-refractivity contribution in [2.24, 2.45) is 0 Å². The summed E-state index contributed by atoms with van der Waals surface area (Å²) in [5.74, 6) is 0. The van der Waals surface area contributed by atoms with Gasteiger partial charge in [0.05, 0.1) is 5.41 Å². The van der Waals surface area contributed by atoms with Crippen molar-refractivity contribution in [2.45, 2.75) is 5.41 Å². The first-order valence-corrected chi connectivity index (χ1v) is 18.4. The van der Waals surface area contributed by atoms with E-state index in [1.807, 2.05) is 0 Å². The number of hydrogen-bond acceptors (Lipinski definition) is 0. The van der Waals surface area contributed by atoms with Gasteiger partial charge in [0, 0.05) is 0 Å². The zero-order valence-corrected chi connectivity index (χ0v) is 29.3. The lowest BCUT2D eigenvalue weighted by molar-refractivity contribution is 0.776. The van der Waals surface area contributed by atoms with Crippen molar-refractivity contribution < 1.29 is 0 Å². The second kappa shape index (κ2) is 12.8. The number of rotatable bonds is 6. The Labute approximate surface area is 311 Å². The largest absolute Gasteiger partial charge is 0.0719 e. The first kappa shape index (κ1) is 31.0. The summed E-state index contributed by atoms with van der Waals surface area (Å²) in [6.45, 7) is 0. The van der Waals surface area contributed by atoms with Crippen LogP contribution in [0.3, 0.4) is 0 Å². The number of fused-ring (bicyclic) bond motifs is 5. The smallest absolute Gasteiger partial charge is 0.0622 e. The first-order valence-electron chi connectivity index (χ1n) is 18.4. The Morgan fingerprint density at radius 1 is 0.264 bits per heavy atom. The molecule has 1 aliphatic rings. The van der Waals surface area contributed by atoms with E-state index in [4.69, 9.17) is 0 Å². The maximum atomic E-state index is 2.47. The molecule has 0 spiro atoms. The van der Waals surface area contributed by atoms with E-state index in [2.05, 4.69) is 218 Å². The molecule has 9 aromatic carbocycles. The minimum absolute atomic E-state index is 0.519. The lowest BCUT2D eigenvalue weighted by Gasteiger charge is -2.35. The molecule has 1 aliphatic carbocycles. The van der Waals surface area contributed by atoms with E-state index in [1.165, 1.54) is 88.7 Å². The summed E-state index contributed by atoms with van der Waals surface area (Å²) in [6.07, 6.45) is 0. The van der Waals surface area contributed by atoms with E-state index in [9.17, 15) is 0 Å². The van der Waals surface area contributed by atoms with Crippen LogP contribution in [0.2, 0.25) is 0 Å². The number of hydrogen-bond donors (Lipinski definition) is 0. The van der Waals surface area contributed by atoms with E-state index in [0.29, 0.717) is 0 Å². The van der Waals surface area contributed by atoms with Gasteiger partial charge in [0.25, 0.3) is 0 Å². The van der Waals surface area contributed by atoms with E-state index in [1.54, 1.807) is 0 Å². The van der Waals surface area contributed by atoms with Crippen LogP contribution in [0.15, 0.2) is 218 Å². The van der Waals surface area contributed by atoms with Gasteiger partial charge >= 0.3 is 0 Å². The molecule has 0 heterocycles. The summed E-state index contributed by atoms with van der Waals surface area (Å²) >= 11 is 0. The van der Waals surface area contributed by atoms with E-state index < -0.39 is 5.41 Å². The van der Waals surface area contributed by atoms with Gasteiger partial charge in [-0.2, -0.15) is 0 Å². The van der Waals surface area contributed by atoms with Gasteiger partial charge in [0.15, 0.2) is 0 Å². The van der Waals surface area contributed by atoms with Crippen LogP contribution in [0.25, 0.3) is 66.4 Å². The predicted octanol–water partition coefficient (Wildman–Crippen LogP) is 13.9. The molecule has 0 bridgehead atoms. The molecule has 0 aromatic heterocycles. The fourth-order valence-electron chi connectivity index (χ4n) is 8.70. The van der Waals surface area contributed by atoms with Gasteiger partial charge in [-0.25, -0.2) is 0 Å². The highest BCUT2D eigenvalue weighted by atomic mass is 14.5. The topological polar surface area (TPSA) is 0 Å². The van der Waals surface area contributed by atoms with E-state index in [-0.39, 0.29) is 0 Å². The fraction of sp³-hybridized carbons (Fsp3) is 0.0189. The van der Waals surface area contributed by atoms with Gasteiger partial charge in [-0.05, 0) is 113 Å². The molecule has 0 saturated carbocycles. The van der Waals surface area contributed by atoms with Crippen LogP contribution in [0.5, 0.6) is 0 Å². The molecule has 0 N–H and O–H groups in total. The van der Waals surface area contributed by atoms with Crippen LogP contribution in [-0.2, 0) is 5.41 Å². The Kier molecular flexibility index (Phi) is 7.48. The van der Waals surface area contributed by atoms with Gasteiger partial charge in [0.1, 0.15) is 0 Å². The second-order valence-corrected chi connectivity index (χ2v) is 14.1. The van der Waals surface area contributed by atoms with E-state index in [0.717, 1.165) is 0 Å². The lowest BCUT2D eigenvalue weighted by Crippen LogP contribution is -2.28. The Morgan fingerprint density at radius 2 is 0.679 bits per heavy atom. The summed E-state index contributed by atoms with van der Waals surface area (Å²) in [7, 11) is 0. The molecule has 0 saturated heterocycles. The summed E-state index contributed by atoms with van der Waals surface area (Å²) < 4.78 is 0. The van der Waals surface area contributed by atoms with Crippen molar-refractivity contribution in [3.8, 4) is 55.6 Å². The quantitative estimate of drug-likeness (QED) is 0.165. The van der Waals surface area contributed by atoms with Gasteiger partial charge in [-0.15, -0.1) is 0 Å². The molecule has 0 aliphatic heterocycles. The van der Waals surface area contributed by atoms with Crippen molar-refractivity contribution in [1.29, 1.82) is 0 Å². The van der Waals surface area contributed by atoms with Crippen molar-refractivity contribution in [3.63, 3.8) is 0 Å². The molecule has 10 rings (SSSR count). The normalized spacial score (nSPS) is 12.7. The summed E-state index contributed by atoms with van der Waals surface area (Å²) in [6, 6.07) is 80.3. The summed E-state index contributed by atoms with van der Waals surface area (Å²) in [5.41, 5.74) is 17.1. The molecule has 0 nitrogen and oxygen atoms in total. The molecule has 0 fully saturated rings. The Bertz CT molecular complexity index is 2700. The van der Waals surface area contributed by atoms with Gasteiger partial charge in [0.2, 0.25) is 0 Å². The van der Waals surface area contributed by atoms with Crippen molar-refractivity contribution in [1.82, 2.24) is 0 Å². The minimum Gasteiger partial charge on any atom is -0.0622 e. The monoisotopic (exact) mass is 672 g/mol. The third kappa shape index (κ3) is 5.14. The van der Waals surface area contributed by atoms with Crippen molar-refractivity contribution >= 4 is 10.8 Å². The van der Waals surface area contributed by atoms with Crippen LogP contribution in [0.1, 0.15) is 22.3 Å². The second-order valence-electron chi connectivity index (χ2n) is 14.1. The molecule has 248 valence electrons. The highest BCUT2D eigenvalue weighted by Crippen LogP contribution is 2.58. The van der Waals surface area contributed by atoms with Gasteiger partial charge in [-0.3, -0.25) is 0 Å². The predicted molar refractivity (Wildman–Crippen MR) is 223 cm³/mol. The molecule has 0 amide bonds. The molecule has 9 aromatic rings. The maximum absolute atomic E-state index is 2.47. The maximum Gasteiger partial charge on any atom is 0.0719 e. The first-order chi connectivity index (χ1) is 26.3. The Morgan fingerprint density at radius 3 is 1.23 bits per heavy atom. The van der Waals surface area contributed by atoms with Gasteiger partial charge in [-0.1, -0.05) is 194 Å². The molecule has 53 heavy (non-hydrogen) atoms. The van der Waals surface area contributed by atoms with Crippen molar-refractivity contribution in [3.05, 3.63) is 241 Å². The zero-order chi connectivity index (χ0) is 35.2. The zero-order valence-electron chi connectivity index (χ0n) is 29.3. The van der Waals surface area contributed by atoms with Crippen molar-refractivity contribution in [2.75, 3.05) is 0 Å². The van der Waals surface area contributed by atoms with Crippen LogP contribution < -0.4 is 0 Å². The third-order valence-corrected chi connectivity index (χ3v) is 11.1.